The number of hydrogen-bond acceptors (Lipinski definition) is 6. The molecule has 0 heterocycles. The molecule has 0 fully saturated rings. The molecule has 0 saturated carbocycles. The van der Waals surface area contributed by atoms with E-state index in [0.717, 1.165) is 70.6 Å². The first-order valence-corrected chi connectivity index (χ1v) is 34.0. The summed E-state index contributed by atoms with van der Waals surface area (Å²) in [6.45, 7) is 6.70. The molecule has 0 aromatic heterocycles. The van der Waals surface area contributed by atoms with Gasteiger partial charge in [-0.25, -0.2) is 0 Å². The van der Waals surface area contributed by atoms with Gasteiger partial charge in [0.25, 0.3) is 0 Å². The van der Waals surface area contributed by atoms with E-state index >= 15 is 0 Å². The van der Waals surface area contributed by atoms with Crippen LogP contribution in [0.3, 0.4) is 0 Å². The first kappa shape index (κ1) is 73.6. The Balaban J connectivity index is 4.24. The average Bonchev–Trinajstić information content (AvgIpc) is 3.42. The van der Waals surface area contributed by atoms with E-state index in [-0.39, 0.29) is 31.1 Å². The lowest BCUT2D eigenvalue weighted by atomic mass is 10.0. The molecular formula is C70H130O6. The maximum Gasteiger partial charge on any atom is 0.306 e. The highest BCUT2D eigenvalue weighted by atomic mass is 16.6. The third kappa shape index (κ3) is 62.5. The standard InChI is InChI=1S/C70H130O6/c1-4-7-10-13-16-19-22-25-28-30-31-32-33-34-35-36-37-38-39-41-42-45-48-51-54-57-60-63-69(72)75-66-67(65-74-68(71)62-59-56-53-50-47-44-27-24-21-18-15-12-9-6-3)76-70(73)64-61-58-55-52-49-46-43-40-29-26-23-20-17-14-11-8-5-2/h22,25,30-31,33-34,67H,4-21,23-24,26-29,32,35-66H2,1-3H3/b25-22-,31-30-,34-33-. The number of unbranched alkanes of at least 4 members (excludes halogenated alkanes) is 46. The maximum absolute atomic E-state index is 12.9. The number of esters is 3. The Labute approximate surface area is 474 Å². The van der Waals surface area contributed by atoms with Crippen LogP contribution in [0.15, 0.2) is 36.5 Å². The van der Waals surface area contributed by atoms with Gasteiger partial charge in [-0.2, -0.15) is 0 Å². The summed E-state index contributed by atoms with van der Waals surface area (Å²) in [5.74, 6) is -0.839. The molecule has 1 atom stereocenters. The van der Waals surface area contributed by atoms with E-state index in [1.165, 1.54) is 263 Å². The minimum Gasteiger partial charge on any atom is -0.462 e. The summed E-state index contributed by atoms with van der Waals surface area (Å²) in [7, 11) is 0. The van der Waals surface area contributed by atoms with Gasteiger partial charge in [-0.05, 0) is 57.8 Å². The second-order valence-corrected chi connectivity index (χ2v) is 23.1. The molecule has 6 heteroatoms. The monoisotopic (exact) mass is 1070 g/mol. The van der Waals surface area contributed by atoms with Gasteiger partial charge in [0.1, 0.15) is 13.2 Å². The van der Waals surface area contributed by atoms with Gasteiger partial charge in [0, 0.05) is 19.3 Å². The molecule has 0 amide bonds. The second-order valence-electron chi connectivity index (χ2n) is 23.1. The van der Waals surface area contributed by atoms with Crippen molar-refractivity contribution in [1.82, 2.24) is 0 Å². The van der Waals surface area contributed by atoms with E-state index in [1.807, 2.05) is 0 Å². The number of ether oxygens (including phenoxy) is 3. The van der Waals surface area contributed by atoms with Crippen LogP contribution in [0.4, 0.5) is 0 Å². The van der Waals surface area contributed by atoms with Crippen LogP contribution in [0.2, 0.25) is 0 Å². The van der Waals surface area contributed by atoms with Crippen molar-refractivity contribution < 1.29 is 28.6 Å². The van der Waals surface area contributed by atoms with Crippen LogP contribution in [0.5, 0.6) is 0 Å². The molecule has 0 saturated heterocycles. The van der Waals surface area contributed by atoms with Crippen LogP contribution in [0.1, 0.15) is 374 Å². The molecule has 0 N–H and O–H groups in total. The molecule has 0 aliphatic heterocycles. The van der Waals surface area contributed by atoms with Crippen LogP contribution in [0, 0.1) is 0 Å². The van der Waals surface area contributed by atoms with Gasteiger partial charge < -0.3 is 14.2 Å². The first-order chi connectivity index (χ1) is 37.5. The van der Waals surface area contributed by atoms with Crippen LogP contribution in [-0.2, 0) is 28.6 Å². The summed E-state index contributed by atoms with van der Waals surface area (Å²) in [4.78, 5) is 38.4. The van der Waals surface area contributed by atoms with Crippen molar-refractivity contribution in [2.75, 3.05) is 13.2 Å². The Morgan fingerprint density at radius 2 is 0.474 bits per heavy atom. The fourth-order valence-electron chi connectivity index (χ4n) is 10.3. The number of carbonyl (C=O) groups excluding carboxylic acids is 3. The zero-order valence-corrected chi connectivity index (χ0v) is 51.3. The van der Waals surface area contributed by atoms with Gasteiger partial charge in [0.05, 0.1) is 0 Å². The van der Waals surface area contributed by atoms with E-state index in [0.29, 0.717) is 19.3 Å². The summed E-state index contributed by atoms with van der Waals surface area (Å²) in [5.41, 5.74) is 0. The van der Waals surface area contributed by atoms with E-state index in [9.17, 15) is 14.4 Å². The minimum absolute atomic E-state index is 0.0661. The van der Waals surface area contributed by atoms with Crippen molar-refractivity contribution in [2.45, 2.75) is 380 Å². The Kier molecular flexibility index (Phi) is 63.1. The fraction of sp³-hybridized carbons (Fsp3) is 0.871. The third-order valence-electron chi connectivity index (χ3n) is 15.4. The smallest absolute Gasteiger partial charge is 0.306 e. The Morgan fingerprint density at radius 3 is 0.737 bits per heavy atom. The molecule has 6 nitrogen and oxygen atoms in total. The molecule has 0 spiro atoms. The molecule has 1 unspecified atom stereocenters. The Morgan fingerprint density at radius 1 is 0.263 bits per heavy atom. The lowest BCUT2D eigenvalue weighted by Gasteiger charge is -2.18. The normalized spacial score (nSPS) is 12.2. The van der Waals surface area contributed by atoms with Crippen LogP contribution in [-0.4, -0.2) is 37.2 Å². The highest BCUT2D eigenvalue weighted by molar-refractivity contribution is 5.71. The quantitative estimate of drug-likeness (QED) is 0.0261. The molecule has 0 aromatic rings. The second kappa shape index (κ2) is 65.2. The third-order valence-corrected chi connectivity index (χ3v) is 15.4. The minimum atomic E-state index is -0.769. The predicted octanol–water partition coefficient (Wildman–Crippen LogP) is 23.2. The number of allylic oxidation sites excluding steroid dienone is 6. The average molecular weight is 1070 g/mol. The maximum atomic E-state index is 12.9. The number of rotatable bonds is 63. The van der Waals surface area contributed by atoms with E-state index < -0.39 is 6.10 Å². The molecule has 0 aromatic carbocycles. The highest BCUT2D eigenvalue weighted by Gasteiger charge is 2.19. The van der Waals surface area contributed by atoms with Gasteiger partial charge in [0.2, 0.25) is 0 Å². The number of hydrogen-bond donors (Lipinski definition) is 0. The van der Waals surface area contributed by atoms with E-state index in [4.69, 9.17) is 14.2 Å². The molecule has 446 valence electrons. The van der Waals surface area contributed by atoms with Crippen molar-refractivity contribution >= 4 is 17.9 Å². The SMILES string of the molecule is CCCCCCC/C=C\C/C=C\C/C=C\CCCCCCCCCCCCCCC(=O)OCC(COC(=O)CCCCCCCCCCCCCCCC)OC(=O)CCCCCCCCCCCCCCCCCCC. The Hall–Kier alpha value is -2.37. The van der Waals surface area contributed by atoms with Crippen molar-refractivity contribution in [3.63, 3.8) is 0 Å². The summed E-state index contributed by atoms with van der Waals surface area (Å²) in [6.07, 6.45) is 80.1. The Bertz CT molecular complexity index is 1270. The van der Waals surface area contributed by atoms with E-state index in [1.54, 1.807) is 0 Å². The largest absolute Gasteiger partial charge is 0.462 e. The zero-order valence-electron chi connectivity index (χ0n) is 51.3. The summed E-state index contributed by atoms with van der Waals surface area (Å²) in [6, 6.07) is 0. The van der Waals surface area contributed by atoms with Crippen LogP contribution < -0.4 is 0 Å². The summed E-state index contributed by atoms with van der Waals surface area (Å²) in [5, 5.41) is 0. The van der Waals surface area contributed by atoms with Crippen molar-refractivity contribution in [3.8, 4) is 0 Å². The lowest BCUT2D eigenvalue weighted by Crippen LogP contribution is -2.30. The predicted molar refractivity (Wildman–Crippen MR) is 330 cm³/mol. The molecule has 0 bridgehead atoms. The first-order valence-electron chi connectivity index (χ1n) is 34.0. The van der Waals surface area contributed by atoms with Crippen LogP contribution >= 0.6 is 0 Å². The highest BCUT2D eigenvalue weighted by Crippen LogP contribution is 2.18. The molecule has 0 radical (unpaired) electrons. The molecule has 0 aliphatic carbocycles. The topological polar surface area (TPSA) is 78.9 Å². The summed E-state index contributed by atoms with van der Waals surface area (Å²) < 4.78 is 17.0. The van der Waals surface area contributed by atoms with Crippen molar-refractivity contribution in [1.29, 1.82) is 0 Å². The van der Waals surface area contributed by atoms with Gasteiger partial charge >= 0.3 is 17.9 Å². The van der Waals surface area contributed by atoms with Crippen molar-refractivity contribution in [2.24, 2.45) is 0 Å². The molecule has 0 aliphatic rings. The molecule has 0 rings (SSSR count). The van der Waals surface area contributed by atoms with Gasteiger partial charge in [-0.3, -0.25) is 14.4 Å². The van der Waals surface area contributed by atoms with Gasteiger partial charge in [-0.1, -0.05) is 333 Å². The molecular weight excluding hydrogens is 937 g/mol. The zero-order chi connectivity index (χ0) is 55.0. The lowest BCUT2D eigenvalue weighted by molar-refractivity contribution is -0.167. The van der Waals surface area contributed by atoms with Gasteiger partial charge in [0.15, 0.2) is 6.10 Å². The van der Waals surface area contributed by atoms with Gasteiger partial charge in [-0.15, -0.1) is 0 Å². The molecule has 76 heavy (non-hydrogen) atoms. The summed E-state index contributed by atoms with van der Waals surface area (Å²) >= 11 is 0. The van der Waals surface area contributed by atoms with Crippen LogP contribution in [0.25, 0.3) is 0 Å². The van der Waals surface area contributed by atoms with E-state index in [2.05, 4.69) is 57.2 Å². The fourth-order valence-corrected chi connectivity index (χ4v) is 10.3. The van der Waals surface area contributed by atoms with Crippen molar-refractivity contribution in [3.05, 3.63) is 36.5 Å². The number of carbonyl (C=O) groups is 3.